The fourth-order valence-corrected chi connectivity index (χ4v) is 3.77. The molecule has 2 atom stereocenters. The molecule has 0 saturated carbocycles. The monoisotopic (exact) mass is 349 g/mol. The second kappa shape index (κ2) is 8.24. The van der Waals surface area contributed by atoms with Crippen LogP contribution in [0, 0.1) is 0 Å². The number of halogens is 1. The maximum atomic E-state index is 12.5. The van der Waals surface area contributed by atoms with Crippen LogP contribution in [-0.2, 0) is 11.0 Å². The van der Waals surface area contributed by atoms with Crippen molar-refractivity contribution in [3.05, 3.63) is 64.7 Å². The summed E-state index contributed by atoms with van der Waals surface area (Å²) in [5.74, 6) is 0.290. The first-order chi connectivity index (χ1) is 11.0. The predicted molar refractivity (Wildman–Crippen MR) is 94.2 cm³/mol. The molecule has 0 aliphatic heterocycles. The van der Waals surface area contributed by atoms with Crippen molar-refractivity contribution >= 4 is 24.9 Å². The smallest absolute Gasteiger partial charge is 0.423 e. The largest absolute Gasteiger partial charge is 0.494 e. The number of hydrogen-bond acceptors (Lipinski definition) is 3. The van der Waals surface area contributed by atoms with E-state index in [4.69, 9.17) is 16.3 Å². The third-order valence-corrected chi connectivity index (χ3v) is 5.69. The Morgan fingerprint density at radius 3 is 2.52 bits per heavy atom. The summed E-state index contributed by atoms with van der Waals surface area (Å²) < 4.78 is 17.7. The van der Waals surface area contributed by atoms with Gasteiger partial charge in [0.1, 0.15) is 5.56 Å². The van der Waals surface area contributed by atoms with Crippen LogP contribution in [0.3, 0.4) is 0 Å². The third-order valence-electron chi connectivity index (χ3n) is 3.70. The lowest BCUT2D eigenvalue weighted by Gasteiger charge is -2.06. The Morgan fingerprint density at radius 1 is 1.17 bits per heavy atom. The molecule has 0 aliphatic rings. The molecule has 0 fully saturated rings. The van der Waals surface area contributed by atoms with Gasteiger partial charge in [-0.05, 0) is 37.5 Å². The molecule has 5 heteroatoms. The molecule has 0 spiro atoms. The van der Waals surface area contributed by atoms with Gasteiger partial charge in [0, 0.05) is 0 Å². The van der Waals surface area contributed by atoms with Crippen LogP contribution in [0.15, 0.2) is 48.5 Å². The fraction of sp³-hybridized carbons (Fsp3) is 0.278. The number of methoxy groups -OCH3 is 1. The third kappa shape index (κ3) is 4.40. The molecular formula is C18H19ClO3P+. The number of hydrogen-bond donors (Lipinski definition) is 0. The zero-order valence-corrected chi connectivity index (χ0v) is 14.8. The molecular weight excluding hydrogens is 331 g/mol. The van der Waals surface area contributed by atoms with Gasteiger partial charge in [-0.15, -0.1) is 0 Å². The van der Waals surface area contributed by atoms with E-state index in [1.807, 2.05) is 37.3 Å². The highest BCUT2D eigenvalue weighted by atomic mass is 35.5. The fourth-order valence-electron chi connectivity index (χ4n) is 2.34. The number of rotatable bonds is 7. The highest BCUT2D eigenvalue weighted by molar-refractivity contribution is 7.65. The van der Waals surface area contributed by atoms with Gasteiger partial charge in [-0.25, -0.2) is 4.79 Å². The van der Waals surface area contributed by atoms with Gasteiger partial charge >= 0.3 is 13.3 Å². The molecule has 3 nitrogen and oxygen atoms in total. The van der Waals surface area contributed by atoms with Gasteiger partial charge in [0.05, 0.1) is 12.1 Å². The standard InChI is InChI=1S/C18H19ClO3P/c1-13(11-12-14-7-4-3-5-8-14)23(21)18(20)15-9-6-10-16(19)17(15)22-2/h3-10,13H,11-12H2,1-2H3/q+1. The molecule has 2 aromatic rings. The summed E-state index contributed by atoms with van der Waals surface area (Å²) in [6.45, 7) is 1.84. The average molecular weight is 350 g/mol. The number of para-hydroxylation sites is 1. The van der Waals surface area contributed by atoms with E-state index in [-0.39, 0.29) is 17.0 Å². The van der Waals surface area contributed by atoms with E-state index in [9.17, 15) is 9.36 Å². The molecule has 0 bridgehead atoms. The van der Waals surface area contributed by atoms with Crippen molar-refractivity contribution in [2.24, 2.45) is 0 Å². The van der Waals surface area contributed by atoms with Crippen molar-refractivity contribution in [1.82, 2.24) is 0 Å². The molecule has 0 N–H and O–H groups in total. The van der Waals surface area contributed by atoms with Crippen molar-refractivity contribution in [2.45, 2.75) is 25.4 Å². The molecule has 0 aliphatic carbocycles. The van der Waals surface area contributed by atoms with E-state index < -0.39 is 13.3 Å². The maximum Gasteiger partial charge on any atom is 0.423 e. The van der Waals surface area contributed by atoms with Crippen molar-refractivity contribution in [3.8, 4) is 5.75 Å². The van der Waals surface area contributed by atoms with Crippen LogP contribution in [0.2, 0.25) is 5.02 Å². The first kappa shape index (κ1) is 17.7. The summed E-state index contributed by atoms with van der Waals surface area (Å²) in [5.41, 5.74) is 0.851. The summed E-state index contributed by atoms with van der Waals surface area (Å²) in [5, 5.41) is 0.346. The zero-order chi connectivity index (χ0) is 16.8. The molecule has 0 aromatic heterocycles. The van der Waals surface area contributed by atoms with E-state index in [1.165, 1.54) is 12.7 Å². The molecule has 0 amide bonds. The van der Waals surface area contributed by atoms with E-state index in [2.05, 4.69) is 0 Å². The van der Waals surface area contributed by atoms with Gasteiger partial charge < -0.3 is 4.74 Å². The number of ether oxygens (including phenoxy) is 1. The predicted octanol–water partition coefficient (Wildman–Crippen LogP) is 5.34. The summed E-state index contributed by atoms with van der Waals surface area (Å²) in [6.07, 6.45) is 1.48. The normalized spacial score (nSPS) is 12.6. The lowest BCUT2D eigenvalue weighted by molar-refractivity contribution is 0.107. The lowest BCUT2D eigenvalue weighted by Crippen LogP contribution is -2.06. The highest BCUT2D eigenvalue weighted by Gasteiger charge is 2.38. The minimum atomic E-state index is -2.04. The van der Waals surface area contributed by atoms with Crippen molar-refractivity contribution < 1.29 is 14.1 Å². The molecule has 2 rings (SSSR count). The Kier molecular flexibility index (Phi) is 6.32. The zero-order valence-electron chi connectivity index (χ0n) is 13.2. The van der Waals surface area contributed by atoms with Gasteiger partial charge in [0.15, 0.2) is 11.4 Å². The summed E-state index contributed by atoms with van der Waals surface area (Å²) in [7, 11) is -0.589. The molecule has 2 unspecified atom stereocenters. The van der Waals surface area contributed by atoms with Gasteiger partial charge in [-0.2, -0.15) is 0 Å². The van der Waals surface area contributed by atoms with Crippen molar-refractivity contribution in [2.75, 3.05) is 7.11 Å². The number of aryl methyl sites for hydroxylation is 1. The van der Waals surface area contributed by atoms with E-state index in [1.54, 1.807) is 18.2 Å². The number of carbonyl (C=O) groups is 1. The quantitative estimate of drug-likeness (QED) is 0.634. The van der Waals surface area contributed by atoms with E-state index in [0.717, 1.165) is 6.42 Å². The minimum absolute atomic E-state index is 0.207. The second-order valence-corrected chi connectivity index (χ2v) is 7.67. The van der Waals surface area contributed by atoms with E-state index in [0.29, 0.717) is 11.4 Å². The Hall–Kier alpha value is -1.70. The Balaban J connectivity index is 2.07. The van der Waals surface area contributed by atoms with Gasteiger partial charge in [-0.3, -0.25) is 0 Å². The molecule has 0 radical (unpaired) electrons. The summed E-state index contributed by atoms with van der Waals surface area (Å²) in [4.78, 5) is 12.5. The van der Waals surface area contributed by atoms with Crippen LogP contribution < -0.4 is 4.74 Å². The van der Waals surface area contributed by atoms with Crippen molar-refractivity contribution in [1.29, 1.82) is 0 Å². The molecule has 2 aromatic carbocycles. The first-order valence-corrected chi connectivity index (χ1v) is 9.12. The topological polar surface area (TPSA) is 43.4 Å². The molecule has 0 heterocycles. The first-order valence-electron chi connectivity index (χ1n) is 7.41. The van der Waals surface area contributed by atoms with Crippen LogP contribution in [0.5, 0.6) is 5.75 Å². The van der Waals surface area contributed by atoms with Gasteiger partial charge in [-0.1, -0.05) is 52.6 Å². The Morgan fingerprint density at radius 2 is 1.87 bits per heavy atom. The minimum Gasteiger partial charge on any atom is -0.494 e. The van der Waals surface area contributed by atoms with Crippen LogP contribution in [0.1, 0.15) is 29.3 Å². The molecule has 120 valence electrons. The molecule has 23 heavy (non-hydrogen) atoms. The SMILES string of the molecule is COc1c(Cl)cccc1C(=O)[P+](=O)C(C)CCc1ccccc1. The highest BCUT2D eigenvalue weighted by Crippen LogP contribution is 2.39. The van der Waals surface area contributed by atoms with Crippen LogP contribution in [-0.4, -0.2) is 18.3 Å². The number of benzene rings is 2. The summed E-state index contributed by atoms with van der Waals surface area (Å²) >= 11 is 6.03. The van der Waals surface area contributed by atoms with Crippen LogP contribution in [0.4, 0.5) is 0 Å². The Bertz CT molecular complexity index is 701. The van der Waals surface area contributed by atoms with Gasteiger partial charge in [0.25, 0.3) is 0 Å². The van der Waals surface area contributed by atoms with Gasteiger partial charge in [0.2, 0.25) is 0 Å². The van der Waals surface area contributed by atoms with Crippen LogP contribution >= 0.6 is 19.4 Å². The van der Waals surface area contributed by atoms with E-state index >= 15 is 0 Å². The van der Waals surface area contributed by atoms with Crippen molar-refractivity contribution in [3.63, 3.8) is 0 Å². The summed E-state index contributed by atoms with van der Waals surface area (Å²) in [6, 6.07) is 14.9. The lowest BCUT2D eigenvalue weighted by atomic mass is 10.1. The number of carbonyl (C=O) groups excluding carboxylic acids is 1. The van der Waals surface area contributed by atoms with Crippen LogP contribution in [0.25, 0.3) is 0 Å². The Labute approximate surface area is 142 Å². The second-order valence-electron chi connectivity index (χ2n) is 5.32. The maximum absolute atomic E-state index is 12.5. The molecule has 0 saturated heterocycles. The average Bonchev–Trinajstić information content (AvgIpc) is 2.59.